The van der Waals surface area contributed by atoms with Gasteiger partial charge in [0, 0.05) is 18.8 Å². The summed E-state index contributed by atoms with van der Waals surface area (Å²) in [6.07, 6.45) is 5.54. The van der Waals surface area contributed by atoms with E-state index >= 15 is 0 Å². The summed E-state index contributed by atoms with van der Waals surface area (Å²) >= 11 is 0. The third kappa shape index (κ3) is 4.75. The van der Waals surface area contributed by atoms with Gasteiger partial charge in [-0.25, -0.2) is 0 Å². The highest BCUT2D eigenvalue weighted by atomic mass is 16.5. The molecule has 0 spiro atoms. The van der Waals surface area contributed by atoms with Gasteiger partial charge in [0.2, 0.25) is 0 Å². The van der Waals surface area contributed by atoms with Crippen molar-refractivity contribution in [2.45, 2.75) is 38.6 Å². The maximum Gasteiger partial charge on any atom is 0.119 e. The van der Waals surface area contributed by atoms with Gasteiger partial charge in [0.05, 0.1) is 6.61 Å². The molecule has 1 N–H and O–H groups in total. The number of hydrogen-bond acceptors (Lipinski definition) is 3. The van der Waals surface area contributed by atoms with Gasteiger partial charge in [0.25, 0.3) is 0 Å². The van der Waals surface area contributed by atoms with E-state index in [-0.39, 0.29) is 0 Å². The molecule has 0 saturated heterocycles. The summed E-state index contributed by atoms with van der Waals surface area (Å²) in [6, 6.07) is 8.73. The second-order valence-electron chi connectivity index (χ2n) is 5.44. The van der Waals surface area contributed by atoms with Crippen LogP contribution in [0.25, 0.3) is 0 Å². The lowest BCUT2D eigenvalue weighted by molar-refractivity contribution is 0.146. The van der Waals surface area contributed by atoms with Crippen molar-refractivity contribution in [1.29, 1.82) is 0 Å². The number of ether oxygens (including phenoxy) is 2. The number of anilines is 1. The van der Waals surface area contributed by atoms with E-state index in [1.807, 2.05) is 12.1 Å². The molecular formula is C16H25NO2. The van der Waals surface area contributed by atoms with E-state index in [0.717, 1.165) is 11.7 Å². The molecule has 2 rings (SSSR count). The van der Waals surface area contributed by atoms with Crippen molar-refractivity contribution in [2.75, 3.05) is 25.6 Å². The fourth-order valence-electron chi connectivity index (χ4n) is 2.46. The summed E-state index contributed by atoms with van der Waals surface area (Å²) in [6.45, 7) is 3.49. The standard InChI is InChI=1S/C16H25NO2/c1-13(12-14-4-3-5-14)17-15-6-8-16(9-7-15)19-11-10-18-2/h6-9,13-14,17H,3-5,10-12H2,1-2H3. The normalized spacial score (nSPS) is 16.7. The quantitative estimate of drug-likeness (QED) is 0.725. The van der Waals surface area contributed by atoms with Crippen molar-refractivity contribution < 1.29 is 9.47 Å². The van der Waals surface area contributed by atoms with Crippen LogP contribution in [0.4, 0.5) is 5.69 Å². The summed E-state index contributed by atoms with van der Waals surface area (Å²) in [5, 5.41) is 3.56. The lowest BCUT2D eigenvalue weighted by Crippen LogP contribution is -2.23. The Bertz CT molecular complexity index is 360. The van der Waals surface area contributed by atoms with Gasteiger partial charge in [-0.3, -0.25) is 0 Å². The first-order valence-corrected chi connectivity index (χ1v) is 7.26. The molecule has 1 fully saturated rings. The van der Waals surface area contributed by atoms with E-state index in [0.29, 0.717) is 19.3 Å². The van der Waals surface area contributed by atoms with Crippen LogP contribution in [0.1, 0.15) is 32.6 Å². The Morgan fingerprint density at radius 2 is 1.95 bits per heavy atom. The highest BCUT2D eigenvalue weighted by molar-refractivity contribution is 5.46. The third-order valence-corrected chi connectivity index (χ3v) is 3.74. The predicted octanol–water partition coefficient (Wildman–Crippen LogP) is 3.70. The molecule has 0 aromatic heterocycles. The smallest absolute Gasteiger partial charge is 0.119 e. The van der Waals surface area contributed by atoms with Crippen molar-refractivity contribution in [3.63, 3.8) is 0 Å². The van der Waals surface area contributed by atoms with Gasteiger partial charge in [-0.1, -0.05) is 19.3 Å². The first-order chi connectivity index (χ1) is 9.28. The highest BCUT2D eigenvalue weighted by Gasteiger charge is 2.19. The Morgan fingerprint density at radius 3 is 2.53 bits per heavy atom. The number of rotatable bonds is 8. The van der Waals surface area contributed by atoms with E-state index in [9.17, 15) is 0 Å². The minimum absolute atomic E-state index is 0.547. The summed E-state index contributed by atoms with van der Waals surface area (Å²) in [5.74, 6) is 1.84. The minimum Gasteiger partial charge on any atom is -0.491 e. The maximum atomic E-state index is 5.54. The van der Waals surface area contributed by atoms with Gasteiger partial charge in [0.15, 0.2) is 0 Å². The molecule has 1 unspecified atom stereocenters. The lowest BCUT2D eigenvalue weighted by atomic mass is 9.81. The second kappa shape index (κ2) is 7.39. The monoisotopic (exact) mass is 263 g/mol. The lowest BCUT2D eigenvalue weighted by Gasteiger charge is -2.28. The molecule has 0 radical (unpaired) electrons. The molecule has 1 aliphatic rings. The van der Waals surface area contributed by atoms with Crippen LogP contribution in [0.5, 0.6) is 5.75 Å². The molecule has 3 heteroatoms. The Labute approximate surface area is 116 Å². The largest absolute Gasteiger partial charge is 0.491 e. The first-order valence-electron chi connectivity index (χ1n) is 7.26. The number of nitrogens with one attached hydrogen (secondary N) is 1. The maximum absolute atomic E-state index is 5.54. The van der Waals surface area contributed by atoms with E-state index in [1.165, 1.54) is 31.4 Å². The Balaban J connectivity index is 1.73. The molecular weight excluding hydrogens is 238 g/mol. The summed E-state index contributed by atoms with van der Waals surface area (Å²) in [7, 11) is 1.68. The van der Waals surface area contributed by atoms with E-state index in [4.69, 9.17) is 9.47 Å². The van der Waals surface area contributed by atoms with Gasteiger partial charge in [0.1, 0.15) is 12.4 Å². The van der Waals surface area contributed by atoms with Gasteiger partial charge >= 0.3 is 0 Å². The minimum atomic E-state index is 0.547. The zero-order valence-corrected chi connectivity index (χ0v) is 12.0. The second-order valence-corrected chi connectivity index (χ2v) is 5.44. The van der Waals surface area contributed by atoms with Crippen LogP contribution in [0, 0.1) is 5.92 Å². The van der Waals surface area contributed by atoms with Crippen LogP contribution in [0.3, 0.4) is 0 Å². The molecule has 1 saturated carbocycles. The molecule has 0 amide bonds. The molecule has 1 atom stereocenters. The van der Waals surface area contributed by atoms with Crippen LogP contribution >= 0.6 is 0 Å². The summed E-state index contributed by atoms with van der Waals surface area (Å²) < 4.78 is 10.5. The van der Waals surface area contributed by atoms with Gasteiger partial charge < -0.3 is 14.8 Å². The Kier molecular flexibility index (Phi) is 5.52. The number of methoxy groups -OCH3 is 1. The average Bonchev–Trinajstić information content (AvgIpc) is 2.36. The van der Waals surface area contributed by atoms with Gasteiger partial charge in [-0.15, -0.1) is 0 Å². The first kappa shape index (κ1) is 14.2. The molecule has 1 aliphatic carbocycles. The number of hydrogen-bond donors (Lipinski definition) is 1. The van der Waals surface area contributed by atoms with Crippen LogP contribution in [0.15, 0.2) is 24.3 Å². The topological polar surface area (TPSA) is 30.5 Å². The molecule has 106 valence electrons. The van der Waals surface area contributed by atoms with Crippen LogP contribution < -0.4 is 10.1 Å². The molecule has 19 heavy (non-hydrogen) atoms. The average molecular weight is 263 g/mol. The van der Waals surface area contributed by atoms with Crippen molar-refractivity contribution in [1.82, 2.24) is 0 Å². The van der Waals surface area contributed by atoms with Crippen LogP contribution in [0.2, 0.25) is 0 Å². The third-order valence-electron chi connectivity index (χ3n) is 3.74. The Morgan fingerprint density at radius 1 is 1.21 bits per heavy atom. The van der Waals surface area contributed by atoms with Crippen LogP contribution in [-0.2, 0) is 4.74 Å². The zero-order valence-electron chi connectivity index (χ0n) is 12.0. The van der Waals surface area contributed by atoms with E-state index in [1.54, 1.807) is 7.11 Å². The zero-order chi connectivity index (χ0) is 13.5. The molecule has 0 bridgehead atoms. The molecule has 1 aromatic carbocycles. The van der Waals surface area contributed by atoms with Crippen molar-refractivity contribution >= 4 is 5.69 Å². The van der Waals surface area contributed by atoms with Crippen LogP contribution in [-0.4, -0.2) is 26.4 Å². The Hall–Kier alpha value is -1.22. The van der Waals surface area contributed by atoms with Gasteiger partial charge in [-0.2, -0.15) is 0 Å². The molecule has 0 aliphatic heterocycles. The SMILES string of the molecule is COCCOc1ccc(NC(C)CC2CCC2)cc1. The predicted molar refractivity (Wildman–Crippen MR) is 78.9 cm³/mol. The highest BCUT2D eigenvalue weighted by Crippen LogP contribution is 2.31. The molecule has 0 heterocycles. The molecule has 1 aromatic rings. The van der Waals surface area contributed by atoms with E-state index < -0.39 is 0 Å². The summed E-state index contributed by atoms with van der Waals surface area (Å²) in [4.78, 5) is 0. The fourth-order valence-corrected chi connectivity index (χ4v) is 2.46. The van der Waals surface area contributed by atoms with Crippen molar-refractivity contribution in [3.05, 3.63) is 24.3 Å². The fraction of sp³-hybridized carbons (Fsp3) is 0.625. The van der Waals surface area contributed by atoms with Crippen molar-refractivity contribution in [2.24, 2.45) is 5.92 Å². The van der Waals surface area contributed by atoms with Gasteiger partial charge in [-0.05, 0) is 43.5 Å². The van der Waals surface area contributed by atoms with Crippen molar-refractivity contribution in [3.8, 4) is 5.75 Å². The summed E-state index contributed by atoms with van der Waals surface area (Å²) in [5.41, 5.74) is 1.17. The van der Waals surface area contributed by atoms with E-state index in [2.05, 4.69) is 24.4 Å². The molecule has 3 nitrogen and oxygen atoms in total. The number of benzene rings is 1.